The summed E-state index contributed by atoms with van der Waals surface area (Å²) in [5.41, 5.74) is 13.7. The third-order valence-corrected chi connectivity index (χ3v) is 6.44. The van der Waals surface area contributed by atoms with Crippen molar-refractivity contribution in [2.45, 2.75) is 17.5 Å². The van der Waals surface area contributed by atoms with Gasteiger partial charge in [0.2, 0.25) is 11.8 Å². The molecule has 0 radical (unpaired) electrons. The first-order valence-corrected chi connectivity index (χ1v) is 11.0. The topological polar surface area (TPSA) is 144 Å². The lowest BCUT2D eigenvalue weighted by atomic mass is 10.1. The highest BCUT2D eigenvalue weighted by molar-refractivity contribution is 7.92. The van der Waals surface area contributed by atoms with Gasteiger partial charge in [0.15, 0.2) is 0 Å². The zero-order valence-electron chi connectivity index (χ0n) is 16.0. The number of carbonyl (C=O) groups is 1. The number of sulfonamides is 1. The number of nitrogens with zero attached hydrogens (tertiary/aromatic N) is 2. The van der Waals surface area contributed by atoms with Crippen molar-refractivity contribution >= 4 is 51.1 Å². The fourth-order valence-electron chi connectivity index (χ4n) is 3.15. The van der Waals surface area contributed by atoms with Gasteiger partial charge >= 0.3 is 0 Å². The third-order valence-electron chi connectivity index (χ3n) is 4.71. The molecule has 2 heterocycles. The number of fused-ring (bicyclic) bond motifs is 1. The van der Waals surface area contributed by atoms with Crippen molar-refractivity contribution in [2.24, 2.45) is 16.5 Å². The molecule has 0 saturated carbocycles. The molecule has 4 rings (SSSR count). The van der Waals surface area contributed by atoms with Crippen LogP contribution in [0.5, 0.6) is 0 Å². The predicted octanol–water partition coefficient (Wildman–Crippen LogP) is 2.90. The van der Waals surface area contributed by atoms with Crippen LogP contribution in [0.3, 0.4) is 0 Å². The molecule has 0 bridgehead atoms. The molecule has 31 heavy (non-hydrogen) atoms. The predicted molar refractivity (Wildman–Crippen MR) is 118 cm³/mol. The molecular formula is C20H18ClN5O4S. The molecule has 3 aromatic rings. The minimum absolute atomic E-state index is 0.0347. The number of anilines is 2. The minimum atomic E-state index is -3.89. The van der Waals surface area contributed by atoms with Crippen molar-refractivity contribution in [1.29, 1.82) is 0 Å². The second-order valence-electron chi connectivity index (χ2n) is 6.83. The van der Waals surface area contributed by atoms with E-state index in [-0.39, 0.29) is 16.3 Å². The number of amides is 1. The standard InChI is InChI=1S/C20H18ClN5O4S/c21-17-10-15(6-1-12(17)9-18(22)27)31(28,29)25-13-2-4-14(5-3-13)26-11-24-20-16(19(26)23)7-8-30-20/h1-8,10-11,19,25H,9,23H2,(H2,22,27). The summed E-state index contributed by atoms with van der Waals surface area (Å²) in [6.07, 6.45) is 2.53. The maximum absolute atomic E-state index is 12.7. The van der Waals surface area contributed by atoms with Gasteiger partial charge in [-0.05, 0) is 48.0 Å². The van der Waals surface area contributed by atoms with E-state index >= 15 is 0 Å². The number of aliphatic imine (C=N–C) groups is 1. The number of furan rings is 1. The molecule has 1 atom stereocenters. The first-order chi connectivity index (χ1) is 14.7. The summed E-state index contributed by atoms with van der Waals surface area (Å²) in [5.74, 6) is -0.0909. The number of halogens is 1. The summed E-state index contributed by atoms with van der Waals surface area (Å²) in [6, 6.07) is 12.5. The van der Waals surface area contributed by atoms with Crippen LogP contribution in [0.2, 0.25) is 5.02 Å². The Hall–Kier alpha value is -3.34. The largest absolute Gasteiger partial charge is 0.446 e. The van der Waals surface area contributed by atoms with Gasteiger partial charge in [0.1, 0.15) is 12.5 Å². The maximum atomic E-state index is 12.7. The van der Waals surface area contributed by atoms with Crippen LogP contribution in [0.15, 0.2) is 69.1 Å². The van der Waals surface area contributed by atoms with Crippen molar-refractivity contribution < 1.29 is 17.6 Å². The van der Waals surface area contributed by atoms with Crippen LogP contribution in [0.25, 0.3) is 0 Å². The van der Waals surface area contributed by atoms with Gasteiger partial charge in [-0.25, -0.2) is 13.4 Å². The molecule has 9 nitrogen and oxygen atoms in total. The monoisotopic (exact) mass is 459 g/mol. The van der Waals surface area contributed by atoms with Crippen molar-refractivity contribution in [1.82, 2.24) is 0 Å². The highest BCUT2D eigenvalue weighted by Crippen LogP contribution is 2.34. The van der Waals surface area contributed by atoms with Crippen molar-refractivity contribution in [2.75, 3.05) is 9.62 Å². The van der Waals surface area contributed by atoms with Crippen molar-refractivity contribution in [3.8, 4) is 0 Å². The Kier molecular flexibility index (Phi) is 5.44. The van der Waals surface area contributed by atoms with E-state index in [1.807, 2.05) is 0 Å². The van der Waals surface area contributed by atoms with E-state index in [0.717, 1.165) is 11.3 Å². The summed E-state index contributed by atoms with van der Waals surface area (Å²) in [6.45, 7) is 0. The van der Waals surface area contributed by atoms with Gasteiger partial charge in [-0.3, -0.25) is 9.52 Å². The number of hydrogen-bond donors (Lipinski definition) is 3. The zero-order valence-corrected chi connectivity index (χ0v) is 17.6. The lowest BCUT2D eigenvalue weighted by Crippen LogP contribution is -2.35. The Morgan fingerprint density at radius 1 is 1.19 bits per heavy atom. The average molecular weight is 460 g/mol. The van der Waals surface area contributed by atoms with Crippen LogP contribution in [-0.2, 0) is 21.2 Å². The summed E-state index contributed by atoms with van der Waals surface area (Å²) in [7, 11) is -3.89. The van der Waals surface area contributed by atoms with E-state index in [9.17, 15) is 13.2 Å². The maximum Gasteiger partial charge on any atom is 0.261 e. The van der Waals surface area contributed by atoms with E-state index in [4.69, 9.17) is 27.5 Å². The number of nitrogens with one attached hydrogen (secondary N) is 1. The number of nitrogens with two attached hydrogens (primary N) is 2. The van der Waals surface area contributed by atoms with Gasteiger partial charge in [0.25, 0.3) is 10.0 Å². The van der Waals surface area contributed by atoms with E-state index in [1.165, 1.54) is 24.5 Å². The molecular weight excluding hydrogens is 442 g/mol. The normalized spacial score (nSPS) is 15.5. The van der Waals surface area contributed by atoms with Gasteiger partial charge in [-0.2, -0.15) is 0 Å². The smallest absolute Gasteiger partial charge is 0.261 e. The number of primary amides is 1. The molecule has 1 unspecified atom stereocenters. The Bertz CT molecular complexity index is 1270. The quantitative estimate of drug-likeness (QED) is 0.517. The molecule has 0 fully saturated rings. The summed E-state index contributed by atoms with van der Waals surface area (Å²) in [4.78, 5) is 17.0. The van der Waals surface area contributed by atoms with Crippen LogP contribution >= 0.6 is 11.6 Å². The fraction of sp³-hybridized carbons (Fsp3) is 0.100. The Morgan fingerprint density at radius 2 is 1.94 bits per heavy atom. The van der Waals surface area contributed by atoms with Gasteiger partial charge in [-0.1, -0.05) is 17.7 Å². The van der Waals surface area contributed by atoms with Crippen LogP contribution in [0.1, 0.15) is 17.3 Å². The first kappa shape index (κ1) is 20.9. The summed E-state index contributed by atoms with van der Waals surface area (Å²) >= 11 is 6.09. The fourth-order valence-corrected chi connectivity index (χ4v) is 4.54. The summed E-state index contributed by atoms with van der Waals surface area (Å²) in [5, 5.41) is 0.147. The van der Waals surface area contributed by atoms with Crippen molar-refractivity contribution in [3.05, 3.63) is 70.9 Å². The number of hydrogen-bond acceptors (Lipinski definition) is 7. The molecule has 0 aliphatic carbocycles. The molecule has 1 aliphatic heterocycles. The molecule has 1 amide bonds. The molecule has 160 valence electrons. The Balaban J connectivity index is 1.51. The number of carbonyl (C=O) groups excluding carboxylic acids is 1. The van der Waals surface area contributed by atoms with E-state index < -0.39 is 22.1 Å². The third kappa shape index (κ3) is 4.26. The second kappa shape index (κ2) is 8.06. The van der Waals surface area contributed by atoms with Crippen LogP contribution < -0.4 is 21.1 Å². The molecule has 11 heteroatoms. The van der Waals surface area contributed by atoms with E-state index in [2.05, 4.69) is 9.71 Å². The molecule has 1 aromatic heterocycles. The molecule has 2 aromatic carbocycles. The molecule has 1 aliphatic rings. The van der Waals surface area contributed by atoms with Gasteiger partial charge in [0.05, 0.1) is 23.1 Å². The summed E-state index contributed by atoms with van der Waals surface area (Å²) < 4.78 is 33.2. The molecule has 0 saturated heterocycles. The number of rotatable bonds is 6. The highest BCUT2D eigenvalue weighted by atomic mass is 35.5. The average Bonchev–Trinajstić information content (AvgIpc) is 3.20. The van der Waals surface area contributed by atoms with Crippen LogP contribution in [0, 0.1) is 0 Å². The van der Waals surface area contributed by atoms with E-state index in [0.29, 0.717) is 17.1 Å². The Morgan fingerprint density at radius 3 is 2.61 bits per heavy atom. The zero-order chi connectivity index (χ0) is 22.2. The lowest BCUT2D eigenvalue weighted by Gasteiger charge is -2.29. The SMILES string of the molecule is NC(=O)Cc1ccc(S(=O)(=O)Nc2ccc(N3C=Nc4occc4C3N)cc2)cc1Cl. The Labute approximate surface area is 183 Å². The lowest BCUT2D eigenvalue weighted by molar-refractivity contribution is -0.117. The van der Waals surface area contributed by atoms with Gasteiger partial charge < -0.3 is 20.8 Å². The van der Waals surface area contributed by atoms with Crippen molar-refractivity contribution in [3.63, 3.8) is 0 Å². The van der Waals surface area contributed by atoms with Crippen LogP contribution in [0.4, 0.5) is 17.3 Å². The van der Waals surface area contributed by atoms with Gasteiger partial charge in [0, 0.05) is 16.4 Å². The minimum Gasteiger partial charge on any atom is -0.446 e. The van der Waals surface area contributed by atoms with E-state index in [1.54, 1.807) is 41.6 Å². The van der Waals surface area contributed by atoms with Crippen LogP contribution in [-0.4, -0.2) is 20.7 Å². The molecule has 0 spiro atoms. The molecule has 5 N–H and O–H groups in total. The van der Waals surface area contributed by atoms with Gasteiger partial charge in [-0.15, -0.1) is 0 Å². The second-order valence-corrected chi connectivity index (χ2v) is 8.92. The highest BCUT2D eigenvalue weighted by Gasteiger charge is 2.24. The number of benzene rings is 2. The first-order valence-electron chi connectivity index (χ1n) is 9.10.